The highest BCUT2D eigenvalue weighted by Gasteiger charge is 2.21. The lowest BCUT2D eigenvalue weighted by molar-refractivity contribution is 0.0883. The van der Waals surface area contributed by atoms with Crippen LogP contribution in [0.25, 0.3) is 10.2 Å². The molecule has 0 radical (unpaired) electrons. The van der Waals surface area contributed by atoms with Crippen molar-refractivity contribution in [2.75, 3.05) is 11.9 Å². The molecule has 1 saturated carbocycles. The largest absolute Gasteiger partial charge is 0.449 e. The third kappa shape index (κ3) is 4.85. The van der Waals surface area contributed by atoms with Crippen molar-refractivity contribution in [1.29, 1.82) is 0 Å². The Morgan fingerprint density at radius 1 is 1.07 bits per heavy atom. The van der Waals surface area contributed by atoms with E-state index < -0.39 is 17.9 Å². The highest BCUT2D eigenvalue weighted by molar-refractivity contribution is 7.20. The lowest BCUT2D eigenvalue weighted by atomic mass is 9.90. The number of para-hydroxylation sites is 1. The molecule has 2 heterocycles. The highest BCUT2D eigenvalue weighted by Crippen LogP contribution is 2.27. The second-order valence-corrected chi connectivity index (χ2v) is 9.11. The third-order valence-corrected chi connectivity index (χ3v) is 6.88. The van der Waals surface area contributed by atoms with Crippen LogP contribution in [-0.4, -0.2) is 29.5 Å². The number of nitrogens with zero attached hydrogens (tertiary/aromatic N) is 1. The summed E-state index contributed by atoms with van der Waals surface area (Å²) < 4.78 is 6.12. The summed E-state index contributed by atoms with van der Waals surface area (Å²) in [5, 5.41) is 7.30. The van der Waals surface area contributed by atoms with Gasteiger partial charge in [0, 0.05) is 0 Å². The molecule has 9 heteroatoms. The average molecular weight is 444 g/mol. The Bertz CT molecular complexity index is 1040. The van der Waals surface area contributed by atoms with E-state index in [1.807, 2.05) is 24.3 Å². The van der Waals surface area contributed by atoms with Crippen LogP contribution in [0.15, 0.2) is 35.7 Å². The van der Waals surface area contributed by atoms with Crippen LogP contribution in [0.2, 0.25) is 0 Å². The number of carbonyl (C=O) groups is 3. The lowest BCUT2D eigenvalue weighted by Gasteiger charge is -2.20. The zero-order valence-electron chi connectivity index (χ0n) is 16.2. The molecule has 30 heavy (non-hydrogen) atoms. The van der Waals surface area contributed by atoms with Crippen molar-refractivity contribution in [3.05, 3.63) is 46.3 Å². The zero-order chi connectivity index (χ0) is 20.9. The number of benzene rings is 1. The van der Waals surface area contributed by atoms with Gasteiger partial charge in [-0.25, -0.2) is 9.78 Å². The number of alkyl carbamates (subject to hydrolysis) is 1. The van der Waals surface area contributed by atoms with E-state index in [0.717, 1.165) is 35.9 Å². The van der Waals surface area contributed by atoms with Crippen LogP contribution < -0.4 is 10.6 Å². The first-order valence-electron chi connectivity index (χ1n) is 9.82. The van der Waals surface area contributed by atoms with Gasteiger partial charge in [-0.2, -0.15) is 0 Å². The van der Waals surface area contributed by atoms with Crippen molar-refractivity contribution >= 4 is 55.8 Å². The summed E-state index contributed by atoms with van der Waals surface area (Å²) in [6, 6.07) is 9.04. The molecule has 0 spiro atoms. The van der Waals surface area contributed by atoms with E-state index in [-0.39, 0.29) is 5.56 Å². The molecule has 1 fully saturated rings. The third-order valence-electron chi connectivity index (χ3n) is 5.02. The highest BCUT2D eigenvalue weighted by atomic mass is 32.1. The summed E-state index contributed by atoms with van der Waals surface area (Å²) in [5.74, 6) is -0.638. The van der Waals surface area contributed by atoms with Gasteiger partial charge in [0.15, 0.2) is 5.01 Å². The summed E-state index contributed by atoms with van der Waals surface area (Å²) in [7, 11) is 0. The van der Waals surface area contributed by atoms with Crippen molar-refractivity contribution in [2.45, 2.75) is 32.1 Å². The Kier molecular flexibility index (Phi) is 6.39. The zero-order valence-corrected chi connectivity index (χ0v) is 17.8. The van der Waals surface area contributed by atoms with Gasteiger partial charge < -0.3 is 10.1 Å². The number of thiazole rings is 1. The fraction of sp³-hybridized carbons (Fsp3) is 0.333. The molecule has 0 saturated heterocycles. The summed E-state index contributed by atoms with van der Waals surface area (Å²) in [6.07, 6.45) is 4.87. The van der Waals surface area contributed by atoms with Gasteiger partial charge in [0.2, 0.25) is 0 Å². The van der Waals surface area contributed by atoms with Crippen LogP contribution in [0.5, 0.6) is 0 Å². The van der Waals surface area contributed by atoms with E-state index in [4.69, 9.17) is 4.74 Å². The second kappa shape index (κ2) is 9.36. The van der Waals surface area contributed by atoms with Crippen LogP contribution >= 0.6 is 22.7 Å². The van der Waals surface area contributed by atoms with Gasteiger partial charge in [-0.15, -0.1) is 22.7 Å². The molecule has 0 unspecified atom stereocenters. The number of anilines is 1. The number of ether oxygens (including phenoxy) is 1. The minimum absolute atomic E-state index is 0.212. The van der Waals surface area contributed by atoms with Crippen molar-refractivity contribution in [2.24, 2.45) is 5.92 Å². The van der Waals surface area contributed by atoms with Gasteiger partial charge in [0.1, 0.15) is 5.00 Å². The number of hydrogen-bond donors (Lipinski definition) is 2. The molecular formula is C21H21N3O4S2. The van der Waals surface area contributed by atoms with Crippen LogP contribution in [0.3, 0.4) is 0 Å². The molecule has 1 aromatic carbocycles. The van der Waals surface area contributed by atoms with E-state index in [1.54, 1.807) is 11.4 Å². The summed E-state index contributed by atoms with van der Waals surface area (Å²) in [4.78, 5) is 41.4. The van der Waals surface area contributed by atoms with E-state index >= 15 is 0 Å². The molecule has 1 aliphatic carbocycles. The number of nitrogens with one attached hydrogen (secondary N) is 2. The molecule has 0 bridgehead atoms. The monoisotopic (exact) mass is 443 g/mol. The van der Waals surface area contributed by atoms with Crippen LogP contribution in [0, 0.1) is 5.92 Å². The molecule has 156 valence electrons. The van der Waals surface area contributed by atoms with Crippen molar-refractivity contribution in [3.63, 3.8) is 0 Å². The number of carbonyl (C=O) groups excluding carboxylic acids is 3. The molecule has 3 aromatic rings. The number of amides is 3. The molecule has 3 amide bonds. The number of thiophene rings is 1. The second-order valence-electron chi connectivity index (χ2n) is 7.16. The maximum Gasteiger partial charge on any atom is 0.414 e. The average Bonchev–Trinajstić information content (AvgIpc) is 3.40. The molecule has 7 nitrogen and oxygen atoms in total. The summed E-state index contributed by atoms with van der Waals surface area (Å²) in [6.45, 7) is 0.323. The van der Waals surface area contributed by atoms with Gasteiger partial charge in [-0.1, -0.05) is 31.4 Å². The molecule has 4 rings (SSSR count). The number of imide groups is 1. The van der Waals surface area contributed by atoms with Crippen molar-refractivity contribution in [3.8, 4) is 0 Å². The number of hydrogen-bond acceptors (Lipinski definition) is 7. The maximum absolute atomic E-state index is 12.6. The first-order valence-corrected chi connectivity index (χ1v) is 11.5. The Morgan fingerprint density at radius 3 is 2.67 bits per heavy atom. The van der Waals surface area contributed by atoms with E-state index in [1.165, 1.54) is 29.1 Å². The minimum atomic E-state index is -0.764. The minimum Gasteiger partial charge on any atom is -0.449 e. The van der Waals surface area contributed by atoms with Gasteiger partial charge in [0.05, 0.1) is 22.4 Å². The normalized spacial score (nSPS) is 14.4. The Hall–Kier alpha value is -2.78. The van der Waals surface area contributed by atoms with E-state index in [2.05, 4.69) is 15.6 Å². The Balaban J connectivity index is 1.35. The quantitative estimate of drug-likeness (QED) is 0.575. The molecule has 0 atom stereocenters. The predicted molar refractivity (Wildman–Crippen MR) is 117 cm³/mol. The van der Waals surface area contributed by atoms with E-state index in [9.17, 15) is 14.4 Å². The topological polar surface area (TPSA) is 97.4 Å². The summed E-state index contributed by atoms with van der Waals surface area (Å²) >= 11 is 2.48. The smallest absolute Gasteiger partial charge is 0.414 e. The van der Waals surface area contributed by atoms with Crippen molar-refractivity contribution in [1.82, 2.24) is 10.3 Å². The number of fused-ring (bicyclic) bond motifs is 1. The molecule has 2 aromatic heterocycles. The van der Waals surface area contributed by atoms with Gasteiger partial charge in [-0.3, -0.25) is 14.9 Å². The van der Waals surface area contributed by atoms with Gasteiger partial charge in [0.25, 0.3) is 11.8 Å². The van der Waals surface area contributed by atoms with Crippen LogP contribution in [0.4, 0.5) is 9.80 Å². The van der Waals surface area contributed by atoms with Gasteiger partial charge >= 0.3 is 6.09 Å². The Labute approximate surface area is 181 Å². The molecule has 0 aliphatic heterocycles. The first kappa shape index (κ1) is 20.5. The molecule has 2 N–H and O–H groups in total. The fourth-order valence-corrected chi connectivity index (χ4v) is 5.09. The molecule has 1 aliphatic rings. The predicted octanol–water partition coefficient (Wildman–Crippen LogP) is 5.06. The van der Waals surface area contributed by atoms with Crippen LogP contribution in [-0.2, 0) is 4.74 Å². The standard InChI is InChI=1S/C21H21N3O4S2/c25-17(24-21(27)28-12-13-6-2-1-3-7-13)14-10-11-29-19(14)23-18(26)20-22-15-8-4-5-9-16(15)30-20/h4-5,8-11,13H,1-3,6-7,12H2,(H,23,26)(H,24,25,27). The number of aromatic nitrogens is 1. The van der Waals surface area contributed by atoms with Crippen molar-refractivity contribution < 1.29 is 19.1 Å². The SMILES string of the molecule is O=C(NC(=O)c1ccsc1NC(=O)c1nc2ccccc2s1)OCC1CCCCC1. The van der Waals surface area contributed by atoms with E-state index in [0.29, 0.717) is 22.5 Å². The first-order chi connectivity index (χ1) is 14.6. The number of rotatable bonds is 5. The van der Waals surface area contributed by atoms with Gasteiger partial charge in [-0.05, 0) is 42.3 Å². The lowest BCUT2D eigenvalue weighted by Crippen LogP contribution is -2.32. The Morgan fingerprint density at radius 2 is 1.87 bits per heavy atom. The van der Waals surface area contributed by atoms with Crippen LogP contribution in [0.1, 0.15) is 52.3 Å². The maximum atomic E-state index is 12.6. The fourth-order valence-electron chi connectivity index (χ4n) is 3.45. The summed E-state index contributed by atoms with van der Waals surface area (Å²) in [5.41, 5.74) is 0.960. The molecular weight excluding hydrogens is 422 g/mol.